The normalized spacial score (nSPS) is 14.1. The highest BCUT2D eigenvalue weighted by atomic mass is 16.4. The van der Waals surface area contributed by atoms with Crippen molar-refractivity contribution in [2.75, 3.05) is 4.90 Å². The lowest BCUT2D eigenvalue weighted by atomic mass is 9.98. The second-order valence-corrected chi connectivity index (χ2v) is 11.6. The summed E-state index contributed by atoms with van der Waals surface area (Å²) in [5.41, 5.74) is 9.07. The Morgan fingerprint density at radius 1 is 0.596 bits per heavy atom. The summed E-state index contributed by atoms with van der Waals surface area (Å²) >= 11 is 0. The van der Waals surface area contributed by atoms with Crippen molar-refractivity contribution in [3.05, 3.63) is 133 Å². The van der Waals surface area contributed by atoms with Crippen LogP contribution in [0, 0.1) is 0 Å². The van der Waals surface area contributed by atoms with Gasteiger partial charge in [0.05, 0.1) is 17.4 Å². The molecule has 0 amide bonds. The largest absolute Gasteiger partial charge is 0.440 e. The van der Waals surface area contributed by atoms with Crippen molar-refractivity contribution < 1.29 is 13.3 Å². The maximum Gasteiger partial charge on any atom is 0.228 e. The lowest BCUT2D eigenvalue weighted by Crippen LogP contribution is -2.10. The predicted octanol–water partition coefficient (Wildman–Crippen LogP) is 10.3. The minimum absolute atomic E-state index is 0.271. The number of fused-ring (bicyclic) bond motifs is 3. The highest BCUT2D eigenvalue weighted by molar-refractivity contribution is 5.84. The number of oxazole rings is 3. The molecular weight excluding hydrogens is 586 g/mol. The number of rotatable bonds is 6. The predicted molar refractivity (Wildman–Crippen MR) is 182 cm³/mol. The van der Waals surface area contributed by atoms with Gasteiger partial charge in [-0.05, 0) is 79.2 Å². The molecule has 4 aromatic carbocycles. The molecule has 1 aliphatic carbocycles. The lowest BCUT2D eigenvalue weighted by Gasteiger charge is -2.26. The number of para-hydroxylation sites is 4. The third-order valence-electron chi connectivity index (χ3n) is 8.41. The average molecular weight is 614 g/mol. The molecule has 4 heterocycles. The molecule has 0 saturated carbocycles. The van der Waals surface area contributed by atoms with Gasteiger partial charge in [0.2, 0.25) is 17.7 Å². The van der Waals surface area contributed by atoms with Crippen molar-refractivity contribution in [1.82, 2.24) is 19.9 Å². The van der Waals surface area contributed by atoms with Gasteiger partial charge >= 0.3 is 0 Å². The van der Waals surface area contributed by atoms with Crippen LogP contribution in [0.15, 0.2) is 135 Å². The number of benzene rings is 4. The van der Waals surface area contributed by atoms with E-state index in [2.05, 4.69) is 53.2 Å². The van der Waals surface area contributed by atoms with E-state index in [4.69, 9.17) is 28.2 Å². The van der Waals surface area contributed by atoms with Crippen molar-refractivity contribution in [2.24, 2.45) is 0 Å². The SMILES string of the molecule is CC1CC=Cc2nc(-c3cncc(N(c4cccc(-c5nc6ccccc6o5)c4)c4cccc(-c5nc6ccccc6o5)c4)c3)oc21. The molecule has 9 rings (SSSR count). The first-order valence-electron chi connectivity index (χ1n) is 15.5. The Labute approximate surface area is 269 Å². The minimum Gasteiger partial charge on any atom is -0.440 e. The van der Waals surface area contributed by atoms with Crippen LogP contribution in [0.3, 0.4) is 0 Å². The van der Waals surface area contributed by atoms with Crippen LogP contribution in [-0.4, -0.2) is 19.9 Å². The maximum absolute atomic E-state index is 6.30. The molecule has 0 saturated heterocycles. The third kappa shape index (κ3) is 4.87. The summed E-state index contributed by atoms with van der Waals surface area (Å²) < 4.78 is 18.6. The van der Waals surface area contributed by atoms with Gasteiger partial charge in [-0.1, -0.05) is 49.4 Å². The Bertz CT molecular complexity index is 2270. The third-order valence-corrected chi connectivity index (χ3v) is 8.41. The van der Waals surface area contributed by atoms with Gasteiger partial charge < -0.3 is 18.2 Å². The quantitative estimate of drug-likeness (QED) is 0.183. The molecule has 47 heavy (non-hydrogen) atoms. The molecule has 1 unspecified atom stereocenters. The molecule has 0 aliphatic heterocycles. The van der Waals surface area contributed by atoms with Crippen molar-refractivity contribution in [3.63, 3.8) is 0 Å². The summed E-state index contributed by atoms with van der Waals surface area (Å²) in [5, 5.41) is 0. The highest BCUT2D eigenvalue weighted by Gasteiger charge is 2.23. The topological polar surface area (TPSA) is 94.2 Å². The van der Waals surface area contributed by atoms with Gasteiger partial charge in [0.1, 0.15) is 22.5 Å². The lowest BCUT2D eigenvalue weighted by molar-refractivity contribution is 0.481. The van der Waals surface area contributed by atoms with E-state index in [1.165, 1.54) is 0 Å². The fourth-order valence-electron chi connectivity index (χ4n) is 6.09. The summed E-state index contributed by atoms with van der Waals surface area (Å²) in [6, 6.07) is 33.9. The number of allylic oxidation sites excluding steroid dienone is 1. The summed E-state index contributed by atoms with van der Waals surface area (Å²) in [6.45, 7) is 2.15. The van der Waals surface area contributed by atoms with E-state index >= 15 is 0 Å². The van der Waals surface area contributed by atoms with Gasteiger partial charge in [0.25, 0.3) is 0 Å². The fourth-order valence-corrected chi connectivity index (χ4v) is 6.09. The smallest absolute Gasteiger partial charge is 0.228 e. The number of hydrogen-bond donors (Lipinski definition) is 0. The summed E-state index contributed by atoms with van der Waals surface area (Å²) in [6.07, 6.45) is 8.73. The van der Waals surface area contributed by atoms with Crippen molar-refractivity contribution in [3.8, 4) is 34.4 Å². The van der Waals surface area contributed by atoms with Gasteiger partial charge in [0.15, 0.2) is 11.2 Å². The van der Waals surface area contributed by atoms with Gasteiger partial charge in [-0.25, -0.2) is 15.0 Å². The van der Waals surface area contributed by atoms with Crippen LogP contribution >= 0.6 is 0 Å². The van der Waals surface area contributed by atoms with E-state index in [0.717, 1.165) is 73.8 Å². The Balaban J connectivity index is 1.18. The van der Waals surface area contributed by atoms with Crippen LogP contribution in [0.4, 0.5) is 17.1 Å². The molecular formula is C39H27N5O3. The number of nitrogens with zero attached hydrogens (tertiary/aromatic N) is 5. The van der Waals surface area contributed by atoms with Gasteiger partial charge in [0, 0.05) is 34.6 Å². The zero-order valence-electron chi connectivity index (χ0n) is 25.4. The first-order valence-corrected chi connectivity index (χ1v) is 15.5. The van der Waals surface area contributed by atoms with E-state index < -0.39 is 0 Å². The molecule has 8 heteroatoms. The summed E-state index contributed by atoms with van der Waals surface area (Å²) in [4.78, 5) is 21.1. The zero-order valence-corrected chi connectivity index (χ0v) is 25.4. The number of anilines is 3. The van der Waals surface area contributed by atoms with Crippen LogP contribution in [-0.2, 0) is 0 Å². The zero-order chi connectivity index (χ0) is 31.3. The maximum atomic E-state index is 6.30. The first kappa shape index (κ1) is 27.1. The average Bonchev–Trinajstić information content (AvgIpc) is 3.86. The van der Waals surface area contributed by atoms with Gasteiger partial charge in [-0.2, -0.15) is 0 Å². The molecule has 4 aromatic heterocycles. The van der Waals surface area contributed by atoms with E-state index in [-0.39, 0.29) is 5.92 Å². The monoisotopic (exact) mass is 613 g/mol. The molecule has 0 N–H and O–H groups in total. The van der Waals surface area contributed by atoms with Crippen molar-refractivity contribution >= 4 is 45.3 Å². The molecule has 8 aromatic rings. The Hall–Kier alpha value is -6.28. The molecule has 1 atom stereocenters. The number of hydrogen-bond acceptors (Lipinski definition) is 8. The van der Waals surface area contributed by atoms with Crippen LogP contribution in [0.5, 0.6) is 0 Å². The summed E-state index contributed by atoms with van der Waals surface area (Å²) in [7, 11) is 0. The summed E-state index contributed by atoms with van der Waals surface area (Å²) in [5.74, 6) is 2.82. The first-order chi connectivity index (χ1) is 23.2. The Morgan fingerprint density at radius 3 is 1.81 bits per heavy atom. The molecule has 0 bridgehead atoms. The van der Waals surface area contributed by atoms with E-state index in [9.17, 15) is 0 Å². The second kappa shape index (κ2) is 11.0. The molecule has 226 valence electrons. The number of pyridine rings is 1. The standard InChI is InChI=1S/C39H27N5O3/c1-24-9-6-16-33-36(24)47-39(43-33)27-21-30(23-40-22-27)44(28-12-7-10-25(19-28)37-41-31-14-2-4-17-34(31)45-37)29-13-8-11-26(20-29)38-42-32-15-3-5-18-35(32)46-38/h2-8,10-24H,9H2,1H3. The number of aromatic nitrogens is 4. The van der Waals surface area contributed by atoms with Gasteiger partial charge in [-0.3, -0.25) is 4.98 Å². The van der Waals surface area contributed by atoms with Crippen molar-refractivity contribution in [2.45, 2.75) is 19.3 Å². The molecule has 1 aliphatic rings. The van der Waals surface area contributed by atoms with Crippen molar-refractivity contribution in [1.29, 1.82) is 0 Å². The molecule has 0 spiro atoms. The van der Waals surface area contributed by atoms with Gasteiger partial charge in [-0.15, -0.1) is 0 Å². The van der Waals surface area contributed by atoms with Crippen LogP contribution < -0.4 is 4.90 Å². The van der Waals surface area contributed by atoms with E-state index in [1.54, 1.807) is 6.20 Å². The molecule has 0 fully saturated rings. The molecule has 0 radical (unpaired) electrons. The molecule has 8 nitrogen and oxygen atoms in total. The fraction of sp³-hybridized carbons (Fsp3) is 0.0769. The van der Waals surface area contributed by atoms with Crippen LogP contribution in [0.25, 0.3) is 62.6 Å². The highest BCUT2D eigenvalue weighted by Crippen LogP contribution is 2.40. The minimum atomic E-state index is 0.271. The van der Waals surface area contributed by atoms with Crippen LogP contribution in [0.1, 0.15) is 30.7 Å². The second-order valence-electron chi connectivity index (χ2n) is 11.6. The van der Waals surface area contributed by atoms with Crippen LogP contribution in [0.2, 0.25) is 0 Å². The van der Waals surface area contributed by atoms with E-state index in [1.807, 2.05) is 85.1 Å². The Kier molecular flexibility index (Phi) is 6.31. The Morgan fingerprint density at radius 2 is 1.19 bits per heavy atom. The van der Waals surface area contributed by atoms with E-state index in [0.29, 0.717) is 17.7 Å².